The topological polar surface area (TPSA) is 204 Å². The Morgan fingerprint density at radius 3 is 2.60 bits per heavy atom. The average Bonchev–Trinajstić information content (AvgIpc) is 3.83. The van der Waals surface area contributed by atoms with Crippen molar-refractivity contribution < 1.29 is 44.6 Å². The number of esters is 1. The molecule has 4 fully saturated rings. The quantitative estimate of drug-likeness (QED) is 0.0269. The van der Waals surface area contributed by atoms with Gasteiger partial charge in [0.2, 0.25) is 0 Å². The van der Waals surface area contributed by atoms with Crippen LogP contribution in [-0.2, 0) is 23.9 Å². The highest BCUT2D eigenvalue weighted by atomic mass is 16.7. The largest absolute Gasteiger partial charge is 0.459 e. The number of ketones is 2. The van der Waals surface area contributed by atoms with Crippen molar-refractivity contribution in [2.75, 3.05) is 26.7 Å². The van der Waals surface area contributed by atoms with E-state index in [2.05, 4.69) is 46.9 Å². The summed E-state index contributed by atoms with van der Waals surface area (Å²) in [7, 11) is 1.78. The Hall–Kier alpha value is -2.64. The summed E-state index contributed by atoms with van der Waals surface area (Å²) in [6.07, 6.45) is 14.4. The molecule has 0 radical (unpaired) electrons. The van der Waals surface area contributed by atoms with Crippen molar-refractivity contribution in [3.05, 3.63) is 23.8 Å². The second kappa shape index (κ2) is 16.8. The van der Waals surface area contributed by atoms with Gasteiger partial charge < -0.3 is 25.2 Å². The van der Waals surface area contributed by atoms with Crippen molar-refractivity contribution in [3.8, 4) is 0 Å². The molecule has 0 aromatic carbocycles. The highest BCUT2D eigenvalue weighted by Gasteiger charge is 2.87. The first kappa shape index (κ1) is 38.6. The third kappa shape index (κ3) is 7.74. The van der Waals surface area contributed by atoms with Gasteiger partial charge in [0, 0.05) is 50.0 Å². The number of piperidine rings is 1. The molecule has 0 aromatic rings. The van der Waals surface area contributed by atoms with Crippen molar-refractivity contribution in [1.29, 1.82) is 0 Å². The van der Waals surface area contributed by atoms with Crippen LogP contribution in [0.25, 0.3) is 0 Å². The molecule has 280 valence electrons. The number of guanidine groups is 1. The minimum absolute atomic E-state index is 0.0145. The fraction of sp³-hybridized carbons (Fsp3) is 0.789. The lowest BCUT2D eigenvalue weighted by Gasteiger charge is -2.38. The van der Waals surface area contributed by atoms with Crippen molar-refractivity contribution in [2.45, 2.75) is 133 Å². The summed E-state index contributed by atoms with van der Waals surface area (Å²) in [5, 5.41) is 17.6. The van der Waals surface area contributed by atoms with Gasteiger partial charge in [0.05, 0.1) is 32.1 Å². The molecule has 0 bridgehead atoms. The van der Waals surface area contributed by atoms with Crippen LogP contribution >= 0.6 is 0 Å². The number of quaternary nitrogens is 2. The SMILES string of the molecule is CC[NH2+][C@@H]1C=C[C@H](CC)C[C@H]1[C@H](CCCO)OC(=O)[C@]12O[C@@]1(CC=C(C)C[C@@H](NC(N)=[NH+]C)C1CC[NH2+]C(N)C1)C(=O)C1CCCCC1C2=O. The first-order valence-corrected chi connectivity index (χ1v) is 19.5. The van der Waals surface area contributed by atoms with Crippen LogP contribution in [0.2, 0.25) is 0 Å². The molecule has 11 N–H and O–H groups in total. The van der Waals surface area contributed by atoms with Gasteiger partial charge in [-0.05, 0) is 64.4 Å². The standard InChI is InChI=1S/C38H62N6O6/c1-5-24-13-14-29(42-6-2)28(21-24)31(12-9-19-45)49-35(48)38-34(47)27-11-8-7-10-26(27)33(46)37(38,50-38)17-15-23(3)20-30(44-36(40)41-4)25-16-18-43-32(39)22-25/h13-15,24-32,42-43,45H,5-12,16-22,39H2,1-4H3,(H3,40,41,44)/p+3/t24-,25?,26?,27?,28+,29+,30+,31-,32?,37-,38-/m0/s1. The molecule has 5 aliphatic rings. The second-order valence-electron chi connectivity index (χ2n) is 15.7. The number of epoxide rings is 1. The van der Waals surface area contributed by atoms with Gasteiger partial charge in [0.15, 0.2) is 17.2 Å². The van der Waals surface area contributed by atoms with Crippen LogP contribution in [0.3, 0.4) is 0 Å². The summed E-state index contributed by atoms with van der Waals surface area (Å²) < 4.78 is 12.8. The molecule has 2 aliphatic heterocycles. The van der Waals surface area contributed by atoms with E-state index in [1.165, 1.54) is 0 Å². The normalized spacial score (nSPS) is 37.0. The van der Waals surface area contributed by atoms with Gasteiger partial charge in [0.1, 0.15) is 18.3 Å². The molecule has 2 heterocycles. The minimum atomic E-state index is -1.93. The Balaban J connectivity index is 1.42. The summed E-state index contributed by atoms with van der Waals surface area (Å²) in [4.78, 5) is 46.5. The van der Waals surface area contributed by atoms with E-state index in [0.717, 1.165) is 57.2 Å². The van der Waals surface area contributed by atoms with E-state index in [0.29, 0.717) is 49.9 Å². The number of fused-ring (bicyclic) bond motifs is 2. The zero-order valence-corrected chi connectivity index (χ0v) is 30.8. The van der Waals surface area contributed by atoms with Crippen LogP contribution in [0.5, 0.6) is 0 Å². The summed E-state index contributed by atoms with van der Waals surface area (Å²) in [5.74, 6) is -0.926. The van der Waals surface area contributed by atoms with E-state index >= 15 is 0 Å². The number of hydrogen-bond acceptors (Lipinski definition) is 7. The molecule has 12 heteroatoms. The van der Waals surface area contributed by atoms with Gasteiger partial charge in [-0.15, -0.1) is 0 Å². The number of likely N-dealkylation sites (N-methyl/N-ethyl adjacent to an activating group) is 1. The lowest BCUT2D eigenvalue weighted by molar-refractivity contribution is -0.699. The number of nitrogens with one attached hydrogen (secondary N) is 2. The number of aliphatic hydroxyl groups is 1. The fourth-order valence-electron chi connectivity index (χ4n) is 9.54. The van der Waals surface area contributed by atoms with Gasteiger partial charge in [-0.3, -0.25) is 31.4 Å². The molecule has 11 atom stereocenters. The molecule has 0 aromatic heterocycles. The number of Topliss-reactive ketones (excluding diaryl/α,β-unsaturated/α-hetero) is 2. The number of carbonyl (C=O) groups excluding carboxylic acids is 3. The van der Waals surface area contributed by atoms with Crippen LogP contribution in [-0.4, -0.2) is 90.9 Å². The number of nitrogens with two attached hydrogens (primary N) is 4. The lowest BCUT2D eigenvalue weighted by atomic mass is 9.61. The molecular weight excluding hydrogens is 636 g/mol. The van der Waals surface area contributed by atoms with Crippen molar-refractivity contribution >= 4 is 23.5 Å². The molecule has 3 aliphatic carbocycles. The number of rotatable bonds is 15. The van der Waals surface area contributed by atoms with E-state index in [1.54, 1.807) is 7.05 Å². The molecule has 0 amide bonds. The summed E-state index contributed by atoms with van der Waals surface area (Å²) in [5.41, 5.74) is 10.0. The summed E-state index contributed by atoms with van der Waals surface area (Å²) in [6.45, 7) is 8.09. The number of ether oxygens (including phenoxy) is 2. The highest BCUT2D eigenvalue weighted by Crippen LogP contribution is 2.61. The number of aliphatic hydroxyl groups excluding tert-OH is 1. The monoisotopic (exact) mass is 701 g/mol. The van der Waals surface area contributed by atoms with Crippen molar-refractivity contribution in [3.63, 3.8) is 0 Å². The zero-order chi connectivity index (χ0) is 36.1. The van der Waals surface area contributed by atoms with Gasteiger partial charge >= 0.3 is 11.9 Å². The van der Waals surface area contributed by atoms with Gasteiger partial charge in [-0.25, -0.2) is 4.79 Å². The first-order valence-electron chi connectivity index (χ1n) is 19.5. The predicted molar refractivity (Wildman–Crippen MR) is 189 cm³/mol. The summed E-state index contributed by atoms with van der Waals surface area (Å²) in [6, 6.07) is 0.139. The highest BCUT2D eigenvalue weighted by molar-refractivity contribution is 6.23. The Morgan fingerprint density at radius 2 is 1.94 bits per heavy atom. The minimum Gasteiger partial charge on any atom is -0.459 e. The maximum absolute atomic E-state index is 14.6. The van der Waals surface area contributed by atoms with Crippen molar-refractivity contribution in [1.82, 2.24) is 5.32 Å². The first-order chi connectivity index (χ1) is 24.0. The third-order valence-corrected chi connectivity index (χ3v) is 12.5. The van der Waals surface area contributed by atoms with Crippen LogP contribution in [0.15, 0.2) is 23.8 Å². The van der Waals surface area contributed by atoms with Crippen molar-refractivity contribution in [2.24, 2.45) is 41.1 Å². The molecule has 50 heavy (non-hydrogen) atoms. The molecule has 5 rings (SSSR count). The third-order valence-electron chi connectivity index (χ3n) is 12.5. The maximum atomic E-state index is 14.6. The lowest BCUT2D eigenvalue weighted by Crippen LogP contribution is -2.95. The van der Waals surface area contributed by atoms with Gasteiger partial charge in [0.25, 0.3) is 5.60 Å². The second-order valence-corrected chi connectivity index (χ2v) is 15.7. The van der Waals surface area contributed by atoms with E-state index in [9.17, 15) is 19.5 Å². The van der Waals surface area contributed by atoms with E-state index in [1.807, 2.05) is 13.0 Å². The number of hydrogen-bond donors (Lipinski definition) is 7. The van der Waals surface area contributed by atoms with E-state index in [4.69, 9.17) is 20.9 Å². The molecule has 2 saturated heterocycles. The Labute approximate surface area is 298 Å². The average molecular weight is 702 g/mol. The van der Waals surface area contributed by atoms with Crippen LogP contribution in [0.4, 0.5) is 0 Å². The van der Waals surface area contributed by atoms with Crippen LogP contribution in [0, 0.1) is 29.6 Å². The Kier molecular flexibility index (Phi) is 13.0. The van der Waals surface area contributed by atoms with Crippen LogP contribution in [0.1, 0.15) is 97.8 Å². The molecule has 2 saturated carbocycles. The van der Waals surface area contributed by atoms with Gasteiger partial charge in [-0.1, -0.05) is 37.5 Å². The molecule has 4 unspecified atom stereocenters. The maximum Gasteiger partial charge on any atom is 0.350 e. The Bertz CT molecular complexity index is 1320. The fourth-order valence-corrected chi connectivity index (χ4v) is 9.54. The predicted octanol–water partition coefficient (Wildman–Crippen LogP) is -1.34. The Morgan fingerprint density at radius 1 is 1.20 bits per heavy atom. The van der Waals surface area contributed by atoms with Crippen LogP contribution < -0.4 is 32.4 Å². The van der Waals surface area contributed by atoms with E-state index in [-0.39, 0.29) is 48.8 Å². The number of allylic oxidation sites excluding steroid dienone is 1. The molecule has 12 nitrogen and oxygen atoms in total. The smallest absolute Gasteiger partial charge is 0.350 e. The van der Waals surface area contributed by atoms with E-state index < -0.39 is 35.1 Å². The molecule has 0 spiro atoms. The molecular formula is C38H65N6O6+3. The number of carbonyl (C=O) groups is 3. The van der Waals surface area contributed by atoms with Gasteiger partial charge in [-0.2, -0.15) is 0 Å². The zero-order valence-electron chi connectivity index (χ0n) is 30.8. The summed E-state index contributed by atoms with van der Waals surface area (Å²) >= 11 is 0.